The number of pyridine rings is 1. The zero-order valence-corrected chi connectivity index (χ0v) is 16.4. The van der Waals surface area contributed by atoms with Crippen LogP contribution in [0.25, 0.3) is 0 Å². The third-order valence-corrected chi connectivity index (χ3v) is 6.49. The van der Waals surface area contributed by atoms with E-state index in [2.05, 4.69) is 14.7 Å². The number of carbonyl (C=O) groups excluding carboxylic acids is 1. The lowest BCUT2D eigenvalue weighted by atomic mass is 9.95. The average molecular weight is 398 g/mol. The topological polar surface area (TPSA) is 91.7 Å². The van der Waals surface area contributed by atoms with Crippen LogP contribution in [0.1, 0.15) is 29.8 Å². The van der Waals surface area contributed by atoms with E-state index < -0.39 is 10.0 Å². The average Bonchev–Trinajstić information content (AvgIpc) is 2.98. The van der Waals surface area contributed by atoms with E-state index in [1.807, 2.05) is 36.1 Å². The summed E-state index contributed by atoms with van der Waals surface area (Å²) in [6, 6.07) is 12.6. The van der Waals surface area contributed by atoms with Crippen molar-refractivity contribution in [3.05, 3.63) is 59.4 Å². The molecule has 8 heteroatoms. The lowest BCUT2D eigenvalue weighted by molar-refractivity contribution is -0.126. The summed E-state index contributed by atoms with van der Waals surface area (Å²) in [4.78, 5) is 19.1. The van der Waals surface area contributed by atoms with Gasteiger partial charge in [0, 0.05) is 30.3 Å². The predicted molar refractivity (Wildman–Crippen MR) is 105 cm³/mol. The number of hydrogen-bond acceptors (Lipinski definition) is 5. The SMILES string of the molecule is Cc1cccc(CNC(=O)C2CCN(C3=NS(=O)(=O)c4ccccc43)CC2)n1. The molecule has 2 aromatic rings. The van der Waals surface area contributed by atoms with E-state index in [9.17, 15) is 13.2 Å². The predicted octanol–water partition coefficient (Wildman–Crippen LogP) is 1.87. The molecule has 3 heterocycles. The van der Waals surface area contributed by atoms with E-state index in [1.165, 1.54) is 0 Å². The maximum atomic E-state index is 12.5. The summed E-state index contributed by atoms with van der Waals surface area (Å²) in [6.07, 6.45) is 1.32. The lowest BCUT2D eigenvalue weighted by Crippen LogP contribution is -2.43. The second-order valence-electron chi connectivity index (χ2n) is 7.14. The highest BCUT2D eigenvalue weighted by Gasteiger charge is 2.34. The first-order chi connectivity index (χ1) is 13.4. The minimum atomic E-state index is -3.62. The number of nitrogens with one attached hydrogen (secondary N) is 1. The molecular weight excluding hydrogens is 376 g/mol. The number of carbonyl (C=O) groups is 1. The number of hydrogen-bond donors (Lipinski definition) is 1. The van der Waals surface area contributed by atoms with E-state index in [1.54, 1.807) is 18.2 Å². The molecular formula is C20H22N4O3S. The number of aromatic nitrogens is 1. The Labute approximate surface area is 164 Å². The fourth-order valence-electron chi connectivity index (χ4n) is 3.69. The Morgan fingerprint density at radius 3 is 2.64 bits per heavy atom. The molecule has 1 aromatic carbocycles. The standard InChI is InChI=1S/C20H22N4O3S/c1-14-5-4-6-16(22-14)13-21-20(25)15-9-11-24(12-10-15)19-17-7-2-3-8-18(17)28(26,27)23-19/h2-8,15H,9-13H2,1H3,(H,21,25). The van der Waals surface area contributed by atoms with Gasteiger partial charge in [-0.15, -0.1) is 4.40 Å². The van der Waals surface area contributed by atoms with Crippen molar-refractivity contribution in [2.24, 2.45) is 10.3 Å². The van der Waals surface area contributed by atoms with Gasteiger partial charge in [0.2, 0.25) is 5.91 Å². The Morgan fingerprint density at radius 1 is 1.14 bits per heavy atom. The number of likely N-dealkylation sites (tertiary alicyclic amines) is 1. The molecule has 0 spiro atoms. The fourth-order valence-corrected chi connectivity index (χ4v) is 4.92. The highest BCUT2D eigenvalue weighted by molar-refractivity contribution is 7.90. The number of amidine groups is 1. The van der Waals surface area contributed by atoms with Gasteiger partial charge in [0.25, 0.3) is 10.0 Å². The highest BCUT2D eigenvalue weighted by Crippen LogP contribution is 2.29. The third kappa shape index (κ3) is 3.64. The molecule has 7 nitrogen and oxygen atoms in total. The number of nitrogens with zero attached hydrogens (tertiary/aromatic N) is 3. The van der Waals surface area contributed by atoms with Crippen molar-refractivity contribution < 1.29 is 13.2 Å². The molecule has 146 valence electrons. The van der Waals surface area contributed by atoms with Crippen molar-refractivity contribution in [2.45, 2.75) is 31.2 Å². The number of benzene rings is 1. The van der Waals surface area contributed by atoms with Crippen LogP contribution in [-0.4, -0.2) is 43.1 Å². The van der Waals surface area contributed by atoms with Crippen LogP contribution < -0.4 is 5.32 Å². The molecule has 28 heavy (non-hydrogen) atoms. The van der Waals surface area contributed by atoms with Crippen LogP contribution in [0.4, 0.5) is 0 Å². The normalized spacial score (nSPS) is 18.5. The second kappa shape index (κ2) is 7.35. The van der Waals surface area contributed by atoms with Gasteiger partial charge in [-0.1, -0.05) is 18.2 Å². The molecule has 0 saturated carbocycles. The molecule has 1 amide bonds. The number of rotatable bonds is 3. The molecule has 1 saturated heterocycles. The smallest absolute Gasteiger partial charge is 0.285 e. The molecule has 0 aliphatic carbocycles. The molecule has 2 aliphatic heterocycles. The number of sulfonamides is 1. The van der Waals surface area contributed by atoms with Crippen molar-refractivity contribution in [3.8, 4) is 0 Å². The highest BCUT2D eigenvalue weighted by atomic mass is 32.2. The first-order valence-corrected chi connectivity index (χ1v) is 10.8. The van der Waals surface area contributed by atoms with Gasteiger partial charge in [0.1, 0.15) is 4.90 Å². The number of amides is 1. The maximum absolute atomic E-state index is 12.5. The molecule has 0 atom stereocenters. The van der Waals surface area contributed by atoms with Crippen LogP contribution >= 0.6 is 0 Å². The molecule has 2 aliphatic rings. The van der Waals surface area contributed by atoms with Crippen LogP contribution in [0.3, 0.4) is 0 Å². The molecule has 0 unspecified atom stereocenters. The molecule has 1 N–H and O–H groups in total. The minimum absolute atomic E-state index is 0.0179. The van der Waals surface area contributed by atoms with Crippen LogP contribution in [-0.2, 0) is 21.4 Å². The summed E-state index contributed by atoms with van der Waals surface area (Å²) in [6.45, 7) is 3.54. The summed E-state index contributed by atoms with van der Waals surface area (Å²) in [5, 5.41) is 2.96. The molecule has 4 rings (SSSR count). The number of piperidine rings is 1. The van der Waals surface area contributed by atoms with Crippen molar-refractivity contribution in [1.82, 2.24) is 15.2 Å². The van der Waals surface area contributed by atoms with Gasteiger partial charge in [0.05, 0.1) is 12.2 Å². The van der Waals surface area contributed by atoms with E-state index in [4.69, 9.17) is 0 Å². The Balaban J connectivity index is 1.37. The molecule has 0 radical (unpaired) electrons. The van der Waals surface area contributed by atoms with Gasteiger partial charge in [-0.05, 0) is 44.0 Å². The summed E-state index contributed by atoms with van der Waals surface area (Å²) in [5.74, 6) is 0.428. The van der Waals surface area contributed by atoms with E-state index >= 15 is 0 Å². The summed E-state index contributed by atoms with van der Waals surface area (Å²) >= 11 is 0. The van der Waals surface area contributed by atoms with Gasteiger partial charge in [-0.3, -0.25) is 9.78 Å². The summed E-state index contributed by atoms with van der Waals surface area (Å²) in [7, 11) is -3.62. The van der Waals surface area contributed by atoms with Crippen LogP contribution in [0.15, 0.2) is 51.8 Å². The maximum Gasteiger partial charge on any atom is 0.285 e. The molecule has 0 bridgehead atoms. The summed E-state index contributed by atoms with van der Waals surface area (Å²) in [5.41, 5.74) is 2.41. The quantitative estimate of drug-likeness (QED) is 0.852. The number of fused-ring (bicyclic) bond motifs is 1. The third-order valence-electron chi connectivity index (χ3n) is 5.17. The monoisotopic (exact) mass is 398 g/mol. The van der Waals surface area contributed by atoms with E-state index in [0.29, 0.717) is 43.9 Å². The Hall–Kier alpha value is -2.74. The number of aryl methyl sites for hydroxylation is 1. The molecule has 1 fully saturated rings. The molecule has 1 aromatic heterocycles. The first kappa shape index (κ1) is 18.6. The van der Waals surface area contributed by atoms with Crippen molar-refractivity contribution >= 4 is 21.8 Å². The van der Waals surface area contributed by atoms with Crippen molar-refractivity contribution in [3.63, 3.8) is 0 Å². The second-order valence-corrected chi connectivity index (χ2v) is 8.71. The van der Waals surface area contributed by atoms with Gasteiger partial charge < -0.3 is 10.2 Å². The van der Waals surface area contributed by atoms with Gasteiger partial charge in [0.15, 0.2) is 5.84 Å². The summed E-state index contributed by atoms with van der Waals surface area (Å²) < 4.78 is 28.4. The Bertz CT molecular complexity index is 1040. The van der Waals surface area contributed by atoms with Gasteiger partial charge in [-0.25, -0.2) is 0 Å². The van der Waals surface area contributed by atoms with Crippen LogP contribution in [0, 0.1) is 12.8 Å². The lowest BCUT2D eigenvalue weighted by Gasteiger charge is -2.32. The van der Waals surface area contributed by atoms with E-state index in [0.717, 1.165) is 11.4 Å². The van der Waals surface area contributed by atoms with Crippen molar-refractivity contribution in [2.75, 3.05) is 13.1 Å². The fraction of sp³-hybridized carbons (Fsp3) is 0.350. The first-order valence-electron chi connectivity index (χ1n) is 9.33. The van der Waals surface area contributed by atoms with Crippen LogP contribution in [0.5, 0.6) is 0 Å². The zero-order chi connectivity index (χ0) is 19.7. The van der Waals surface area contributed by atoms with Crippen molar-refractivity contribution in [1.29, 1.82) is 0 Å². The minimum Gasteiger partial charge on any atom is -0.355 e. The van der Waals surface area contributed by atoms with Gasteiger partial charge in [-0.2, -0.15) is 8.42 Å². The van der Waals surface area contributed by atoms with Gasteiger partial charge >= 0.3 is 0 Å². The Kier molecular flexibility index (Phi) is 4.89. The van der Waals surface area contributed by atoms with E-state index in [-0.39, 0.29) is 16.7 Å². The zero-order valence-electron chi connectivity index (χ0n) is 15.6. The Morgan fingerprint density at radius 2 is 1.89 bits per heavy atom. The largest absolute Gasteiger partial charge is 0.355 e. The van der Waals surface area contributed by atoms with Crippen LogP contribution in [0.2, 0.25) is 0 Å².